The molecule has 0 spiro atoms. The van der Waals surface area contributed by atoms with Crippen LogP contribution in [0, 0.1) is 0 Å². The first kappa shape index (κ1) is 20.3. The lowest BCUT2D eigenvalue weighted by Gasteiger charge is -2.10. The van der Waals surface area contributed by atoms with Crippen LogP contribution in [0.3, 0.4) is 0 Å². The number of hydrogen-bond donors (Lipinski definition) is 3. The summed E-state index contributed by atoms with van der Waals surface area (Å²) in [7, 11) is -3.79. The van der Waals surface area contributed by atoms with Gasteiger partial charge in [-0.2, -0.15) is 0 Å². The van der Waals surface area contributed by atoms with Crippen molar-refractivity contribution in [3.63, 3.8) is 0 Å². The average Bonchev–Trinajstić information content (AvgIpc) is 2.70. The molecule has 0 heterocycles. The Morgan fingerprint density at radius 3 is 2.44 bits per heavy atom. The van der Waals surface area contributed by atoms with E-state index >= 15 is 0 Å². The molecular weight excluding hydrogens is 366 g/mol. The first-order valence-corrected chi connectivity index (χ1v) is 9.74. The molecule has 3 N–H and O–H groups in total. The minimum Gasteiger partial charge on any atom is -0.273 e. The van der Waals surface area contributed by atoms with Crippen molar-refractivity contribution in [2.24, 2.45) is 0 Å². The Balaban J connectivity index is 2.01. The van der Waals surface area contributed by atoms with Crippen LogP contribution < -0.4 is 15.6 Å². The van der Waals surface area contributed by atoms with Crippen molar-refractivity contribution in [1.29, 1.82) is 0 Å². The fourth-order valence-electron chi connectivity index (χ4n) is 2.16. The predicted octanol–water partition coefficient (Wildman–Crippen LogP) is 1.89. The van der Waals surface area contributed by atoms with E-state index in [-0.39, 0.29) is 29.3 Å². The largest absolute Gasteiger partial charge is 0.273 e. The zero-order valence-corrected chi connectivity index (χ0v) is 15.5. The van der Waals surface area contributed by atoms with Crippen molar-refractivity contribution in [2.45, 2.75) is 24.3 Å². The quantitative estimate of drug-likeness (QED) is 0.475. The molecule has 0 atom stereocenters. The first-order valence-electron chi connectivity index (χ1n) is 8.26. The standard InChI is InChI=1S/C19H21N3O4S/c1-2-3-12-18(23)21-22-19(24)16-10-7-11-17(13-16)27(25,26)20-14-15-8-5-4-6-9-15/h2,4-11,13,20H,1,3,12,14H2,(H,21,23)(H,22,24). The van der Waals surface area contributed by atoms with Gasteiger partial charge < -0.3 is 0 Å². The highest BCUT2D eigenvalue weighted by Gasteiger charge is 2.16. The number of amides is 2. The third-order valence-corrected chi connectivity index (χ3v) is 5.01. The highest BCUT2D eigenvalue weighted by Crippen LogP contribution is 2.12. The Kier molecular flexibility index (Phi) is 7.27. The molecule has 27 heavy (non-hydrogen) atoms. The van der Waals surface area contributed by atoms with Gasteiger partial charge in [-0.3, -0.25) is 20.4 Å². The molecule has 0 saturated carbocycles. The third kappa shape index (κ3) is 6.36. The molecule has 7 nitrogen and oxygen atoms in total. The van der Waals surface area contributed by atoms with E-state index in [1.54, 1.807) is 18.2 Å². The fourth-order valence-corrected chi connectivity index (χ4v) is 3.22. The normalized spacial score (nSPS) is 10.8. The van der Waals surface area contributed by atoms with E-state index < -0.39 is 15.9 Å². The lowest BCUT2D eigenvalue weighted by molar-refractivity contribution is -0.121. The van der Waals surface area contributed by atoms with Crippen LogP contribution in [0.1, 0.15) is 28.8 Å². The van der Waals surface area contributed by atoms with E-state index in [1.165, 1.54) is 24.3 Å². The SMILES string of the molecule is C=CCCC(=O)NNC(=O)c1cccc(S(=O)(=O)NCc2ccccc2)c1. The molecule has 142 valence electrons. The van der Waals surface area contributed by atoms with Gasteiger partial charge in [0.15, 0.2) is 0 Å². The van der Waals surface area contributed by atoms with Gasteiger partial charge in [0.05, 0.1) is 4.90 Å². The van der Waals surface area contributed by atoms with Crippen molar-refractivity contribution in [3.05, 3.63) is 78.4 Å². The highest BCUT2D eigenvalue weighted by atomic mass is 32.2. The maximum Gasteiger partial charge on any atom is 0.269 e. The second-order valence-electron chi connectivity index (χ2n) is 5.67. The number of carbonyl (C=O) groups excluding carboxylic acids is 2. The van der Waals surface area contributed by atoms with Gasteiger partial charge in [-0.15, -0.1) is 6.58 Å². The number of hydrogen-bond acceptors (Lipinski definition) is 4. The average molecular weight is 387 g/mol. The zero-order chi connectivity index (χ0) is 19.7. The molecule has 8 heteroatoms. The Hall–Kier alpha value is -2.97. The Bertz CT molecular complexity index is 912. The van der Waals surface area contributed by atoms with Gasteiger partial charge in [-0.25, -0.2) is 13.1 Å². The fraction of sp³-hybridized carbons (Fsp3) is 0.158. The summed E-state index contributed by atoms with van der Waals surface area (Å²) in [5.74, 6) is -0.974. The summed E-state index contributed by atoms with van der Waals surface area (Å²) in [4.78, 5) is 23.6. The second kappa shape index (κ2) is 9.65. The van der Waals surface area contributed by atoms with Gasteiger partial charge in [-0.05, 0) is 30.2 Å². The molecule has 0 fully saturated rings. The summed E-state index contributed by atoms with van der Waals surface area (Å²) >= 11 is 0. The van der Waals surface area contributed by atoms with Gasteiger partial charge in [0.25, 0.3) is 5.91 Å². The van der Waals surface area contributed by atoms with Crippen LogP contribution in [0.5, 0.6) is 0 Å². The van der Waals surface area contributed by atoms with Gasteiger partial charge in [0.2, 0.25) is 15.9 Å². The van der Waals surface area contributed by atoms with Crippen LogP contribution in [0.4, 0.5) is 0 Å². The van der Waals surface area contributed by atoms with Gasteiger partial charge in [0.1, 0.15) is 0 Å². The monoisotopic (exact) mass is 387 g/mol. The van der Waals surface area contributed by atoms with E-state index in [0.717, 1.165) is 5.56 Å². The summed E-state index contributed by atoms with van der Waals surface area (Å²) in [5, 5.41) is 0. The molecule has 2 aromatic carbocycles. The number of benzene rings is 2. The molecule has 0 aliphatic rings. The maximum atomic E-state index is 12.4. The maximum absolute atomic E-state index is 12.4. The Morgan fingerprint density at radius 2 is 1.74 bits per heavy atom. The lowest BCUT2D eigenvalue weighted by Crippen LogP contribution is -2.41. The zero-order valence-electron chi connectivity index (χ0n) is 14.6. The van der Waals surface area contributed by atoms with Crippen LogP contribution in [-0.2, 0) is 21.4 Å². The minimum absolute atomic E-state index is 0.0379. The summed E-state index contributed by atoms with van der Waals surface area (Å²) in [6.07, 6.45) is 2.28. The summed E-state index contributed by atoms with van der Waals surface area (Å²) in [6, 6.07) is 14.7. The van der Waals surface area contributed by atoms with Gasteiger partial charge >= 0.3 is 0 Å². The van der Waals surface area contributed by atoms with Crippen LogP contribution in [-0.4, -0.2) is 20.2 Å². The van der Waals surface area contributed by atoms with Gasteiger partial charge in [-0.1, -0.05) is 42.5 Å². The van der Waals surface area contributed by atoms with Crippen molar-refractivity contribution < 1.29 is 18.0 Å². The number of nitrogens with one attached hydrogen (secondary N) is 3. The van der Waals surface area contributed by atoms with E-state index in [4.69, 9.17) is 0 Å². The molecule has 0 aliphatic carbocycles. The molecule has 0 saturated heterocycles. The molecule has 2 aromatic rings. The Labute approximate surface area is 158 Å². The number of allylic oxidation sites excluding steroid dienone is 1. The van der Waals surface area contributed by atoms with E-state index in [1.807, 2.05) is 18.2 Å². The molecular formula is C19H21N3O4S. The molecule has 2 amide bonds. The van der Waals surface area contributed by atoms with Crippen molar-refractivity contribution >= 4 is 21.8 Å². The number of rotatable bonds is 8. The van der Waals surface area contributed by atoms with E-state index in [0.29, 0.717) is 6.42 Å². The number of carbonyl (C=O) groups is 2. The van der Waals surface area contributed by atoms with E-state index in [9.17, 15) is 18.0 Å². The molecule has 2 rings (SSSR count). The van der Waals surface area contributed by atoms with Crippen molar-refractivity contribution in [2.75, 3.05) is 0 Å². The summed E-state index contributed by atoms with van der Waals surface area (Å²) in [6.45, 7) is 3.65. The van der Waals surface area contributed by atoms with Crippen LogP contribution in [0.25, 0.3) is 0 Å². The Morgan fingerprint density at radius 1 is 1.00 bits per heavy atom. The lowest BCUT2D eigenvalue weighted by atomic mass is 10.2. The number of sulfonamides is 1. The molecule has 0 radical (unpaired) electrons. The number of hydrazine groups is 1. The van der Waals surface area contributed by atoms with E-state index in [2.05, 4.69) is 22.2 Å². The van der Waals surface area contributed by atoms with Crippen molar-refractivity contribution in [3.8, 4) is 0 Å². The van der Waals surface area contributed by atoms with Crippen molar-refractivity contribution in [1.82, 2.24) is 15.6 Å². The molecule has 0 aliphatic heterocycles. The van der Waals surface area contributed by atoms with Crippen LogP contribution >= 0.6 is 0 Å². The van der Waals surface area contributed by atoms with Crippen LogP contribution in [0.15, 0.2) is 72.1 Å². The molecule has 0 aromatic heterocycles. The molecule has 0 bridgehead atoms. The minimum atomic E-state index is -3.79. The summed E-state index contributed by atoms with van der Waals surface area (Å²) in [5.41, 5.74) is 5.45. The smallest absolute Gasteiger partial charge is 0.269 e. The highest BCUT2D eigenvalue weighted by molar-refractivity contribution is 7.89. The first-order chi connectivity index (χ1) is 12.9. The summed E-state index contributed by atoms with van der Waals surface area (Å²) < 4.78 is 27.4. The third-order valence-electron chi connectivity index (χ3n) is 3.61. The topological polar surface area (TPSA) is 104 Å². The van der Waals surface area contributed by atoms with Crippen LogP contribution in [0.2, 0.25) is 0 Å². The van der Waals surface area contributed by atoms with Gasteiger partial charge in [0, 0.05) is 18.5 Å². The molecule has 0 unspecified atom stereocenters. The predicted molar refractivity (Wildman–Crippen MR) is 102 cm³/mol. The second-order valence-corrected chi connectivity index (χ2v) is 7.43.